The van der Waals surface area contributed by atoms with Crippen LogP contribution in [0.1, 0.15) is 18.1 Å². The first-order valence-electron chi connectivity index (χ1n) is 10.9. The number of benzene rings is 3. The van der Waals surface area contributed by atoms with Gasteiger partial charge in [0.25, 0.3) is 0 Å². The molecular formula is C26H31ClN2O4. The summed E-state index contributed by atoms with van der Waals surface area (Å²) in [4.78, 5) is 0. The molecule has 0 aliphatic heterocycles. The van der Waals surface area contributed by atoms with Gasteiger partial charge in [0.15, 0.2) is 11.5 Å². The van der Waals surface area contributed by atoms with Crippen LogP contribution in [-0.4, -0.2) is 33.9 Å². The van der Waals surface area contributed by atoms with Crippen molar-refractivity contribution in [1.29, 1.82) is 0 Å². The first-order chi connectivity index (χ1) is 16.1. The Morgan fingerprint density at radius 2 is 1.30 bits per heavy atom. The molecule has 0 heterocycles. The Morgan fingerprint density at radius 3 is 1.85 bits per heavy atom. The maximum atomic E-state index is 6.74. The second-order valence-corrected chi connectivity index (χ2v) is 7.69. The Balaban J connectivity index is 1.76. The van der Waals surface area contributed by atoms with Crippen molar-refractivity contribution in [2.24, 2.45) is 0 Å². The molecule has 0 amide bonds. The van der Waals surface area contributed by atoms with Gasteiger partial charge in [-0.1, -0.05) is 42.8 Å². The molecule has 3 aromatic carbocycles. The largest absolute Gasteiger partial charge is 0.497 e. The molecule has 0 atom stereocenters. The highest BCUT2D eigenvalue weighted by Gasteiger charge is 2.15. The molecule has 0 unspecified atom stereocenters. The Kier molecular flexibility index (Phi) is 9.54. The van der Waals surface area contributed by atoms with E-state index in [4.69, 9.17) is 30.5 Å². The molecule has 33 heavy (non-hydrogen) atoms. The van der Waals surface area contributed by atoms with Crippen molar-refractivity contribution in [3.05, 3.63) is 76.8 Å². The molecule has 0 radical (unpaired) electrons. The van der Waals surface area contributed by atoms with Gasteiger partial charge in [0.2, 0.25) is 0 Å². The van der Waals surface area contributed by atoms with Gasteiger partial charge in [0.1, 0.15) is 29.7 Å². The molecular weight excluding hydrogens is 440 g/mol. The minimum Gasteiger partial charge on any atom is -0.497 e. The third-order valence-corrected chi connectivity index (χ3v) is 5.40. The predicted molar refractivity (Wildman–Crippen MR) is 133 cm³/mol. The third kappa shape index (κ3) is 7.20. The van der Waals surface area contributed by atoms with Crippen molar-refractivity contribution >= 4 is 17.3 Å². The number of ether oxygens (including phenoxy) is 4. The van der Waals surface area contributed by atoms with E-state index in [1.54, 1.807) is 14.2 Å². The van der Waals surface area contributed by atoms with Gasteiger partial charge in [-0.05, 0) is 54.1 Å². The molecule has 0 spiro atoms. The topological polar surface area (TPSA) is 61.0 Å². The third-order valence-electron chi connectivity index (χ3n) is 5.02. The van der Waals surface area contributed by atoms with Gasteiger partial charge in [-0.15, -0.1) is 0 Å². The van der Waals surface area contributed by atoms with Crippen molar-refractivity contribution in [2.75, 3.05) is 39.2 Å². The summed E-state index contributed by atoms with van der Waals surface area (Å²) >= 11 is 6.74. The quantitative estimate of drug-likeness (QED) is 0.320. The Morgan fingerprint density at radius 1 is 0.727 bits per heavy atom. The van der Waals surface area contributed by atoms with E-state index in [1.807, 2.05) is 60.7 Å². The summed E-state index contributed by atoms with van der Waals surface area (Å²) in [6, 6.07) is 19.3. The zero-order valence-electron chi connectivity index (χ0n) is 19.3. The van der Waals surface area contributed by atoms with Crippen molar-refractivity contribution in [3.8, 4) is 23.0 Å². The number of rotatable bonds is 13. The van der Waals surface area contributed by atoms with Crippen LogP contribution in [0.4, 0.5) is 5.69 Å². The van der Waals surface area contributed by atoms with Crippen LogP contribution in [0, 0.1) is 0 Å². The number of nitrogens with one attached hydrogen (secondary N) is 2. The van der Waals surface area contributed by atoms with Gasteiger partial charge in [-0.25, -0.2) is 0 Å². The molecule has 7 heteroatoms. The summed E-state index contributed by atoms with van der Waals surface area (Å²) in [5, 5.41) is 7.13. The van der Waals surface area contributed by atoms with E-state index in [1.165, 1.54) is 0 Å². The van der Waals surface area contributed by atoms with E-state index >= 15 is 0 Å². The van der Waals surface area contributed by atoms with Crippen molar-refractivity contribution in [2.45, 2.75) is 20.1 Å². The molecule has 0 aliphatic carbocycles. The minimum absolute atomic E-state index is 0.351. The van der Waals surface area contributed by atoms with E-state index < -0.39 is 0 Å². The monoisotopic (exact) mass is 470 g/mol. The molecule has 0 saturated carbocycles. The van der Waals surface area contributed by atoms with Crippen LogP contribution in [0.2, 0.25) is 5.02 Å². The normalized spacial score (nSPS) is 10.5. The van der Waals surface area contributed by atoms with Crippen LogP contribution >= 0.6 is 11.6 Å². The van der Waals surface area contributed by atoms with Crippen LogP contribution in [0.5, 0.6) is 23.0 Å². The van der Waals surface area contributed by atoms with E-state index in [0.29, 0.717) is 29.7 Å². The number of hydrogen-bond acceptors (Lipinski definition) is 6. The highest BCUT2D eigenvalue weighted by Crippen LogP contribution is 2.41. The lowest BCUT2D eigenvalue weighted by molar-refractivity contribution is 0.256. The minimum atomic E-state index is 0.351. The van der Waals surface area contributed by atoms with Crippen LogP contribution < -0.4 is 29.6 Å². The van der Waals surface area contributed by atoms with Crippen molar-refractivity contribution in [1.82, 2.24) is 5.32 Å². The van der Waals surface area contributed by atoms with Gasteiger partial charge < -0.3 is 29.6 Å². The van der Waals surface area contributed by atoms with Crippen LogP contribution in [-0.2, 0) is 13.2 Å². The van der Waals surface area contributed by atoms with Gasteiger partial charge in [-0.2, -0.15) is 0 Å². The highest BCUT2D eigenvalue weighted by molar-refractivity contribution is 6.35. The lowest BCUT2D eigenvalue weighted by Crippen LogP contribution is -2.21. The average Bonchev–Trinajstić information content (AvgIpc) is 2.86. The summed E-state index contributed by atoms with van der Waals surface area (Å²) in [7, 11) is 3.29. The summed E-state index contributed by atoms with van der Waals surface area (Å²) < 4.78 is 22.7. The van der Waals surface area contributed by atoms with Gasteiger partial charge in [0.05, 0.1) is 19.9 Å². The number of halogens is 1. The molecule has 3 rings (SSSR count). The van der Waals surface area contributed by atoms with E-state index in [-0.39, 0.29) is 0 Å². The molecule has 0 bridgehead atoms. The lowest BCUT2D eigenvalue weighted by Gasteiger charge is -2.18. The molecule has 0 saturated heterocycles. The van der Waals surface area contributed by atoms with E-state index in [9.17, 15) is 0 Å². The Bertz CT molecular complexity index is 994. The zero-order chi connectivity index (χ0) is 23.5. The lowest BCUT2D eigenvalue weighted by atomic mass is 10.2. The Labute approximate surface area is 200 Å². The fourth-order valence-corrected chi connectivity index (χ4v) is 3.42. The summed E-state index contributed by atoms with van der Waals surface area (Å²) in [6.07, 6.45) is 0. The molecule has 0 fully saturated rings. The molecule has 0 aromatic heterocycles. The molecule has 0 aliphatic rings. The summed E-state index contributed by atoms with van der Waals surface area (Å²) in [5.74, 6) is 2.70. The van der Waals surface area contributed by atoms with Gasteiger partial charge in [0, 0.05) is 13.1 Å². The van der Waals surface area contributed by atoms with Crippen molar-refractivity contribution in [3.63, 3.8) is 0 Å². The first kappa shape index (κ1) is 24.6. The number of methoxy groups -OCH3 is 2. The van der Waals surface area contributed by atoms with Crippen molar-refractivity contribution < 1.29 is 18.9 Å². The predicted octanol–water partition coefficient (Wildman–Crippen LogP) is 5.54. The van der Waals surface area contributed by atoms with E-state index in [0.717, 1.165) is 47.9 Å². The molecule has 2 N–H and O–H groups in total. The summed E-state index contributed by atoms with van der Waals surface area (Å²) in [5.41, 5.74) is 2.82. The zero-order valence-corrected chi connectivity index (χ0v) is 20.1. The standard InChI is InChI=1S/C26H31ClN2O4/c1-4-28-15-16-29-23-13-14-24(32-17-19-5-9-21(30-2)10-6-19)26(25(23)27)33-18-20-7-11-22(31-3)12-8-20/h5-14,28-29H,4,15-18H2,1-3H3. The fraction of sp³-hybridized carbons (Fsp3) is 0.308. The smallest absolute Gasteiger partial charge is 0.182 e. The summed E-state index contributed by atoms with van der Waals surface area (Å²) in [6.45, 7) is 5.31. The Hall–Kier alpha value is -3.09. The number of hydrogen-bond donors (Lipinski definition) is 2. The van der Waals surface area contributed by atoms with Crippen LogP contribution in [0.15, 0.2) is 60.7 Å². The molecule has 6 nitrogen and oxygen atoms in total. The fourth-order valence-electron chi connectivity index (χ4n) is 3.15. The van der Waals surface area contributed by atoms with Crippen LogP contribution in [0.3, 0.4) is 0 Å². The second-order valence-electron chi connectivity index (χ2n) is 7.31. The SMILES string of the molecule is CCNCCNc1ccc(OCc2ccc(OC)cc2)c(OCc2ccc(OC)cc2)c1Cl. The first-order valence-corrected chi connectivity index (χ1v) is 11.3. The molecule has 3 aromatic rings. The maximum absolute atomic E-state index is 6.74. The maximum Gasteiger partial charge on any atom is 0.182 e. The van der Waals surface area contributed by atoms with Crippen LogP contribution in [0.25, 0.3) is 0 Å². The van der Waals surface area contributed by atoms with E-state index in [2.05, 4.69) is 17.6 Å². The second kappa shape index (κ2) is 12.8. The molecule has 176 valence electrons. The number of likely N-dealkylation sites (N-methyl/N-ethyl adjacent to an activating group) is 1. The highest BCUT2D eigenvalue weighted by atomic mass is 35.5. The number of anilines is 1. The van der Waals surface area contributed by atoms with Gasteiger partial charge >= 0.3 is 0 Å². The average molecular weight is 471 g/mol. The van der Waals surface area contributed by atoms with Gasteiger partial charge in [-0.3, -0.25) is 0 Å².